The minimum atomic E-state index is -0.906. The monoisotopic (exact) mass is 398 g/mol. The molecule has 0 spiro atoms. The molecule has 6 heteroatoms. The van der Waals surface area contributed by atoms with E-state index in [0.29, 0.717) is 24.0 Å². The number of rotatable bonds is 10. The second-order valence-corrected chi connectivity index (χ2v) is 7.64. The Labute approximate surface area is 172 Å². The SMILES string of the molecule is CN(C)c1ccc(C(=O)O)c(CCCCCc2cc(N(C)C)ccc2C(=O)O)c1. The fourth-order valence-corrected chi connectivity index (χ4v) is 3.36. The van der Waals surface area contributed by atoms with E-state index in [1.54, 1.807) is 12.1 Å². The van der Waals surface area contributed by atoms with E-state index >= 15 is 0 Å². The Morgan fingerprint density at radius 1 is 0.690 bits per heavy atom. The van der Waals surface area contributed by atoms with Crippen LogP contribution >= 0.6 is 0 Å². The summed E-state index contributed by atoms with van der Waals surface area (Å²) in [7, 11) is 7.73. The fraction of sp³-hybridized carbons (Fsp3) is 0.391. The van der Waals surface area contributed by atoms with Crippen molar-refractivity contribution in [2.24, 2.45) is 0 Å². The molecular weight excluding hydrogens is 368 g/mol. The number of carbonyl (C=O) groups is 2. The van der Waals surface area contributed by atoms with Crippen molar-refractivity contribution >= 4 is 23.3 Å². The number of anilines is 2. The summed E-state index contributed by atoms with van der Waals surface area (Å²) in [5, 5.41) is 18.9. The quantitative estimate of drug-likeness (QED) is 0.585. The molecule has 0 unspecified atom stereocenters. The Kier molecular flexibility index (Phi) is 7.65. The first-order valence-electron chi connectivity index (χ1n) is 9.77. The third-order valence-corrected chi connectivity index (χ3v) is 5.06. The van der Waals surface area contributed by atoms with Crippen molar-refractivity contribution in [2.45, 2.75) is 32.1 Å². The number of nitrogens with zero attached hydrogens (tertiary/aromatic N) is 2. The molecule has 0 aliphatic heterocycles. The summed E-state index contributed by atoms with van der Waals surface area (Å²) in [6.07, 6.45) is 3.98. The zero-order valence-corrected chi connectivity index (χ0v) is 17.6. The van der Waals surface area contributed by atoms with Gasteiger partial charge in [-0.3, -0.25) is 0 Å². The van der Waals surface area contributed by atoms with E-state index in [-0.39, 0.29) is 0 Å². The molecule has 0 radical (unpaired) electrons. The number of aryl methyl sites for hydroxylation is 2. The van der Waals surface area contributed by atoms with Gasteiger partial charge < -0.3 is 20.0 Å². The van der Waals surface area contributed by atoms with Crippen molar-refractivity contribution in [1.82, 2.24) is 0 Å². The van der Waals surface area contributed by atoms with E-state index in [1.165, 1.54) is 0 Å². The van der Waals surface area contributed by atoms with Gasteiger partial charge in [0.15, 0.2) is 0 Å². The van der Waals surface area contributed by atoms with Gasteiger partial charge >= 0.3 is 11.9 Å². The Balaban J connectivity index is 2.00. The van der Waals surface area contributed by atoms with E-state index in [2.05, 4.69) is 0 Å². The molecule has 0 aliphatic rings. The molecule has 2 aromatic carbocycles. The normalized spacial score (nSPS) is 10.6. The van der Waals surface area contributed by atoms with Gasteiger partial charge in [0.1, 0.15) is 0 Å². The number of carboxylic acid groups (broad SMARTS) is 2. The lowest BCUT2D eigenvalue weighted by molar-refractivity contribution is 0.0685. The maximum absolute atomic E-state index is 11.5. The molecule has 6 nitrogen and oxygen atoms in total. The van der Waals surface area contributed by atoms with Crippen molar-refractivity contribution in [2.75, 3.05) is 38.0 Å². The predicted molar refractivity (Wildman–Crippen MR) is 117 cm³/mol. The highest BCUT2D eigenvalue weighted by molar-refractivity contribution is 5.90. The summed E-state index contributed by atoms with van der Waals surface area (Å²) >= 11 is 0. The van der Waals surface area contributed by atoms with Gasteiger partial charge in [-0.15, -0.1) is 0 Å². The number of aromatic carboxylic acids is 2. The lowest BCUT2D eigenvalue weighted by Crippen LogP contribution is -2.11. The molecule has 0 amide bonds. The van der Waals surface area contributed by atoms with Gasteiger partial charge in [-0.1, -0.05) is 6.42 Å². The first kappa shape index (κ1) is 22.3. The first-order valence-corrected chi connectivity index (χ1v) is 9.77. The van der Waals surface area contributed by atoms with Crippen LogP contribution in [0.4, 0.5) is 11.4 Å². The number of benzene rings is 2. The van der Waals surface area contributed by atoms with Crippen LogP contribution in [0.1, 0.15) is 51.1 Å². The first-order chi connectivity index (χ1) is 13.7. The average molecular weight is 399 g/mol. The van der Waals surface area contributed by atoms with Crippen molar-refractivity contribution in [3.63, 3.8) is 0 Å². The number of carboxylic acids is 2. The van der Waals surface area contributed by atoms with Crippen molar-refractivity contribution in [3.8, 4) is 0 Å². The molecule has 0 aliphatic carbocycles. The summed E-state index contributed by atoms with van der Waals surface area (Å²) in [6, 6.07) is 10.8. The number of unbranched alkanes of at least 4 members (excludes halogenated alkanes) is 2. The maximum Gasteiger partial charge on any atom is 0.335 e. The third-order valence-electron chi connectivity index (χ3n) is 5.06. The molecule has 156 valence electrons. The molecule has 29 heavy (non-hydrogen) atoms. The molecular formula is C23H30N2O4. The lowest BCUT2D eigenvalue weighted by Gasteiger charge is -2.16. The van der Waals surface area contributed by atoms with Crippen LogP contribution in [0.15, 0.2) is 36.4 Å². The van der Waals surface area contributed by atoms with Gasteiger partial charge in [-0.05, 0) is 73.2 Å². The van der Waals surface area contributed by atoms with Crippen molar-refractivity contribution in [3.05, 3.63) is 58.7 Å². The van der Waals surface area contributed by atoms with Crippen LogP contribution in [-0.2, 0) is 12.8 Å². The zero-order chi connectivity index (χ0) is 21.6. The molecule has 0 bridgehead atoms. The lowest BCUT2D eigenvalue weighted by atomic mass is 9.97. The van der Waals surface area contributed by atoms with Gasteiger partial charge in [0.2, 0.25) is 0 Å². The predicted octanol–water partition coefficient (Wildman–Crippen LogP) is 4.17. The van der Waals surface area contributed by atoms with E-state index in [9.17, 15) is 19.8 Å². The van der Waals surface area contributed by atoms with Crippen molar-refractivity contribution in [1.29, 1.82) is 0 Å². The van der Waals surface area contributed by atoms with E-state index in [1.807, 2.05) is 62.3 Å². The standard InChI is InChI=1S/C23H30N2O4/c1-24(2)18-10-12-20(22(26)27)16(14-18)8-6-5-7-9-17-15-19(25(3)4)11-13-21(17)23(28)29/h10-15H,5-9H2,1-4H3,(H,26,27)(H,28,29). The second kappa shape index (κ2) is 9.96. The smallest absolute Gasteiger partial charge is 0.335 e. The van der Waals surface area contributed by atoms with Gasteiger partial charge in [-0.25, -0.2) is 9.59 Å². The summed E-state index contributed by atoms with van der Waals surface area (Å²) in [5.74, 6) is -1.81. The summed E-state index contributed by atoms with van der Waals surface area (Å²) < 4.78 is 0. The Hall–Kier alpha value is -3.02. The molecule has 0 saturated heterocycles. The number of hydrogen-bond acceptors (Lipinski definition) is 4. The minimum absolute atomic E-state index is 0.349. The molecule has 0 heterocycles. The van der Waals surface area contributed by atoms with E-state index < -0.39 is 11.9 Å². The maximum atomic E-state index is 11.5. The van der Waals surface area contributed by atoms with Gasteiger partial charge in [0.25, 0.3) is 0 Å². The number of hydrogen-bond donors (Lipinski definition) is 2. The van der Waals surface area contributed by atoms with Crippen LogP contribution in [0.25, 0.3) is 0 Å². The third kappa shape index (κ3) is 5.98. The van der Waals surface area contributed by atoms with Crippen LogP contribution in [-0.4, -0.2) is 50.3 Å². The zero-order valence-electron chi connectivity index (χ0n) is 17.6. The van der Waals surface area contributed by atoms with Crippen LogP contribution in [0.3, 0.4) is 0 Å². The molecule has 2 N–H and O–H groups in total. The van der Waals surface area contributed by atoms with Crippen LogP contribution < -0.4 is 9.80 Å². The van der Waals surface area contributed by atoms with Crippen LogP contribution in [0.5, 0.6) is 0 Å². The summed E-state index contributed by atoms with van der Waals surface area (Å²) in [5.41, 5.74) is 4.34. The Morgan fingerprint density at radius 3 is 1.38 bits per heavy atom. The van der Waals surface area contributed by atoms with E-state index in [4.69, 9.17) is 0 Å². The fourth-order valence-electron chi connectivity index (χ4n) is 3.36. The topological polar surface area (TPSA) is 81.1 Å². The van der Waals surface area contributed by atoms with Gasteiger partial charge in [-0.2, -0.15) is 0 Å². The summed E-state index contributed by atoms with van der Waals surface area (Å²) in [6.45, 7) is 0. The van der Waals surface area contributed by atoms with Crippen molar-refractivity contribution < 1.29 is 19.8 Å². The average Bonchev–Trinajstić information content (AvgIpc) is 2.66. The molecule has 0 aromatic heterocycles. The second-order valence-electron chi connectivity index (χ2n) is 7.64. The van der Waals surface area contributed by atoms with Gasteiger partial charge in [0.05, 0.1) is 11.1 Å². The molecule has 0 saturated carbocycles. The van der Waals surface area contributed by atoms with E-state index in [0.717, 1.165) is 41.8 Å². The summed E-state index contributed by atoms with van der Waals surface area (Å²) in [4.78, 5) is 26.9. The molecule has 2 rings (SSSR count). The highest BCUT2D eigenvalue weighted by Crippen LogP contribution is 2.23. The molecule has 0 atom stereocenters. The van der Waals surface area contributed by atoms with Crippen LogP contribution in [0.2, 0.25) is 0 Å². The Morgan fingerprint density at radius 2 is 1.07 bits per heavy atom. The molecule has 2 aromatic rings. The molecule has 0 fully saturated rings. The Bertz CT molecular complexity index is 804. The largest absolute Gasteiger partial charge is 0.478 e. The van der Waals surface area contributed by atoms with Gasteiger partial charge in [0, 0.05) is 39.6 Å². The highest BCUT2D eigenvalue weighted by Gasteiger charge is 2.13. The van der Waals surface area contributed by atoms with Crippen LogP contribution in [0, 0.1) is 0 Å². The minimum Gasteiger partial charge on any atom is -0.478 e. The highest BCUT2D eigenvalue weighted by atomic mass is 16.4.